The molecule has 0 amide bonds. The number of nitro groups is 1. The number of aryl methyl sites for hydroxylation is 3. The first-order chi connectivity index (χ1) is 16.0. The van der Waals surface area contributed by atoms with Gasteiger partial charge in [0, 0.05) is 35.8 Å². The molecule has 1 heterocycles. The lowest BCUT2D eigenvalue weighted by Gasteiger charge is -2.07. The highest BCUT2D eigenvalue weighted by molar-refractivity contribution is 5.86. The van der Waals surface area contributed by atoms with Crippen LogP contribution in [-0.4, -0.2) is 22.1 Å². The molecule has 1 aromatic heterocycles. The molecule has 6 nitrogen and oxygen atoms in total. The van der Waals surface area contributed by atoms with Crippen molar-refractivity contribution in [2.75, 3.05) is 6.61 Å². The van der Waals surface area contributed by atoms with Crippen LogP contribution in [0.3, 0.4) is 0 Å². The van der Waals surface area contributed by atoms with Gasteiger partial charge >= 0.3 is 5.97 Å². The summed E-state index contributed by atoms with van der Waals surface area (Å²) in [4.78, 5) is 22.4. The predicted octanol–water partition coefficient (Wildman–Crippen LogP) is 5.82. The third kappa shape index (κ3) is 5.29. The normalized spacial score (nSPS) is 10.9. The second kappa shape index (κ2) is 10.1. The van der Waals surface area contributed by atoms with Crippen LogP contribution in [0.1, 0.15) is 30.0 Å². The summed E-state index contributed by atoms with van der Waals surface area (Å²) < 4.78 is 7.14. The Hall–Kier alpha value is -3.93. The van der Waals surface area contributed by atoms with E-state index in [1.54, 1.807) is 12.1 Å². The molecule has 0 radical (unpaired) electrons. The molecular formula is C27H26N2O4. The molecule has 33 heavy (non-hydrogen) atoms. The summed E-state index contributed by atoms with van der Waals surface area (Å²) in [6, 6.07) is 23.2. The van der Waals surface area contributed by atoms with Crippen LogP contribution < -0.4 is 0 Å². The number of carbonyl (C=O) groups is 1. The molecule has 0 unspecified atom stereocenters. The summed E-state index contributed by atoms with van der Waals surface area (Å²) in [5.41, 5.74) is 5.53. The quantitative estimate of drug-likeness (QED) is 0.186. The summed E-state index contributed by atoms with van der Waals surface area (Å²) in [5.74, 6) is -0.189. The van der Waals surface area contributed by atoms with Crippen molar-refractivity contribution in [2.45, 2.75) is 32.6 Å². The van der Waals surface area contributed by atoms with Crippen LogP contribution in [-0.2, 0) is 28.8 Å². The van der Waals surface area contributed by atoms with Crippen LogP contribution >= 0.6 is 0 Å². The number of non-ortho nitro benzene ring substituents is 1. The number of nitrogens with zero attached hydrogens (tertiary/aromatic N) is 2. The summed E-state index contributed by atoms with van der Waals surface area (Å²) >= 11 is 0. The zero-order chi connectivity index (χ0) is 23.2. The van der Waals surface area contributed by atoms with E-state index in [1.165, 1.54) is 23.3 Å². The Balaban J connectivity index is 1.68. The Labute approximate surface area is 192 Å². The van der Waals surface area contributed by atoms with E-state index in [1.807, 2.05) is 31.2 Å². The van der Waals surface area contributed by atoms with Gasteiger partial charge in [0.15, 0.2) is 0 Å². The molecule has 0 bridgehead atoms. The zero-order valence-electron chi connectivity index (χ0n) is 18.6. The number of benzene rings is 3. The molecule has 0 aliphatic rings. The van der Waals surface area contributed by atoms with E-state index in [9.17, 15) is 14.9 Å². The number of nitro benzene ring substituents is 1. The Bertz CT molecular complexity index is 1260. The molecule has 3 aromatic carbocycles. The monoisotopic (exact) mass is 442 g/mol. The van der Waals surface area contributed by atoms with Gasteiger partial charge < -0.3 is 9.30 Å². The fourth-order valence-electron chi connectivity index (χ4n) is 4.05. The SMILES string of the molecule is CCOC(=O)CCc1ccc2c(c1)c(CCc1ccccc1)cn2-c1ccc([N+](=O)[O-])cc1. The second-order valence-electron chi connectivity index (χ2n) is 7.94. The highest BCUT2D eigenvalue weighted by Crippen LogP contribution is 2.28. The average Bonchev–Trinajstić information content (AvgIpc) is 3.20. The fraction of sp³-hybridized carbons (Fsp3) is 0.222. The number of hydrogen-bond acceptors (Lipinski definition) is 4. The molecule has 168 valence electrons. The van der Waals surface area contributed by atoms with Gasteiger partial charge in [0.25, 0.3) is 5.69 Å². The molecule has 0 fully saturated rings. The molecule has 0 atom stereocenters. The third-order valence-electron chi connectivity index (χ3n) is 5.74. The van der Waals surface area contributed by atoms with Gasteiger partial charge in [-0.1, -0.05) is 36.4 Å². The van der Waals surface area contributed by atoms with Gasteiger partial charge in [-0.3, -0.25) is 14.9 Å². The van der Waals surface area contributed by atoms with Crippen LogP contribution in [0.4, 0.5) is 5.69 Å². The first-order valence-electron chi connectivity index (χ1n) is 11.1. The highest BCUT2D eigenvalue weighted by Gasteiger charge is 2.13. The summed E-state index contributed by atoms with van der Waals surface area (Å²) in [6.45, 7) is 2.20. The van der Waals surface area contributed by atoms with Crippen molar-refractivity contribution in [3.63, 3.8) is 0 Å². The predicted molar refractivity (Wildman–Crippen MR) is 129 cm³/mol. The average molecular weight is 443 g/mol. The number of fused-ring (bicyclic) bond motifs is 1. The van der Waals surface area contributed by atoms with E-state index < -0.39 is 4.92 Å². The van der Waals surface area contributed by atoms with Gasteiger partial charge in [0.2, 0.25) is 0 Å². The largest absolute Gasteiger partial charge is 0.466 e. The van der Waals surface area contributed by atoms with Crippen molar-refractivity contribution in [3.05, 3.63) is 106 Å². The molecule has 0 aliphatic heterocycles. The van der Waals surface area contributed by atoms with Gasteiger partial charge in [0.05, 0.1) is 17.0 Å². The number of rotatable bonds is 9. The number of aromatic nitrogens is 1. The lowest BCUT2D eigenvalue weighted by molar-refractivity contribution is -0.384. The molecule has 0 saturated carbocycles. The maximum Gasteiger partial charge on any atom is 0.306 e. The van der Waals surface area contributed by atoms with Gasteiger partial charge in [-0.25, -0.2) is 0 Å². The molecule has 0 aliphatic carbocycles. The number of hydrogen-bond donors (Lipinski definition) is 0. The minimum absolute atomic E-state index is 0.0702. The van der Waals surface area contributed by atoms with Gasteiger partial charge in [-0.15, -0.1) is 0 Å². The second-order valence-corrected chi connectivity index (χ2v) is 7.94. The van der Waals surface area contributed by atoms with Gasteiger partial charge in [0.1, 0.15) is 0 Å². The van der Waals surface area contributed by atoms with E-state index in [4.69, 9.17) is 4.74 Å². The van der Waals surface area contributed by atoms with Crippen LogP contribution in [0.2, 0.25) is 0 Å². The molecule has 6 heteroatoms. The smallest absolute Gasteiger partial charge is 0.306 e. The minimum atomic E-state index is -0.390. The Kier molecular flexibility index (Phi) is 6.83. The van der Waals surface area contributed by atoms with Gasteiger partial charge in [-0.2, -0.15) is 0 Å². The van der Waals surface area contributed by atoms with E-state index in [0.29, 0.717) is 19.4 Å². The lowest BCUT2D eigenvalue weighted by Crippen LogP contribution is -2.05. The standard InChI is InChI=1S/C27H26N2O4/c1-2-33-27(30)17-10-21-9-16-26-25(18-21)22(11-8-20-6-4-3-5-7-20)19-28(26)23-12-14-24(15-13-23)29(31)32/h3-7,9,12-16,18-19H,2,8,10-11,17H2,1H3. The Morgan fingerprint density at radius 2 is 1.70 bits per heavy atom. The van der Waals surface area contributed by atoms with Crippen LogP contribution in [0.5, 0.6) is 0 Å². The van der Waals surface area contributed by atoms with Crippen molar-refractivity contribution in [1.82, 2.24) is 4.57 Å². The highest BCUT2D eigenvalue weighted by atomic mass is 16.6. The van der Waals surface area contributed by atoms with Crippen LogP contribution in [0.15, 0.2) is 79.0 Å². The third-order valence-corrected chi connectivity index (χ3v) is 5.74. The molecular weight excluding hydrogens is 416 g/mol. The number of esters is 1. The molecule has 0 saturated heterocycles. The van der Waals surface area contributed by atoms with Crippen molar-refractivity contribution in [2.24, 2.45) is 0 Å². The van der Waals surface area contributed by atoms with E-state index in [-0.39, 0.29) is 11.7 Å². The summed E-state index contributed by atoms with van der Waals surface area (Å²) in [6.07, 6.45) is 4.86. The van der Waals surface area contributed by atoms with E-state index in [2.05, 4.69) is 35.0 Å². The van der Waals surface area contributed by atoms with Gasteiger partial charge in [-0.05, 0) is 67.1 Å². The summed E-state index contributed by atoms with van der Waals surface area (Å²) in [7, 11) is 0. The zero-order valence-corrected chi connectivity index (χ0v) is 18.6. The van der Waals surface area contributed by atoms with Crippen molar-refractivity contribution in [3.8, 4) is 5.69 Å². The Morgan fingerprint density at radius 3 is 2.39 bits per heavy atom. The Morgan fingerprint density at radius 1 is 0.939 bits per heavy atom. The first kappa shape index (κ1) is 22.3. The molecule has 4 aromatic rings. The summed E-state index contributed by atoms with van der Waals surface area (Å²) in [5, 5.41) is 12.2. The molecule has 0 N–H and O–H groups in total. The van der Waals surface area contributed by atoms with Crippen molar-refractivity contribution < 1.29 is 14.5 Å². The molecule has 4 rings (SSSR count). The number of ether oxygens (including phenoxy) is 1. The molecule has 0 spiro atoms. The van der Waals surface area contributed by atoms with Crippen molar-refractivity contribution in [1.29, 1.82) is 0 Å². The fourth-order valence-corrected chi connectivity index (χ4v) is 4.05. The van der Waals surface area contributed by atoms with Crippen LogP contribution in [0.25, 0.3) is 16.6 Å². The number of carbonyl (C=O) groups excluding carboxylic acids is 1. The maximum atomic E-state index is 11.8. The van der Waals surface area contributed by atoms with Crippen LogP contribution in [0, 0.1) is 10.1 Å². The topological polar surface area (TPSA) is 74.4 Å². The minimum Gasteiger partial charge on any atom is -0.466 e. The first-order valence-corrected chi connectivity index (χ1v) is 11.1. The van der Waals surface area contributed by atoms with Crippen molar-refractivity contribution >= 4 is 22.6 Å². The maximum absolute atomic E-state index is 11.8. The van der Waals surface area contributed by atoms with E-state index >= 15 is 0 Å². The lowest BCUT2D eigenvalue weighted by atomic mass is 10.0. The van der Waals surface area contributed by atoms with E-state index in [0.717, 1.165) is 35.0 Å².